The van der Waals surface area contributed by atoms with Gasteiger partial charge in [0.15, 0.2) is 0 Å². The minimum absolute atomic E-state index is 0.0426. The van der Waals surface area contributed by atoms with Crippen LogP contribution in [-0.4, -0.2) is 17.8 Å². The minimum atomic E-state index is -4.20. The SMILES string of the molecule is FC(F)(F)SCCNC(c1ccco1)c1ccc(Cl)s1. The number of thiophene rings is 1. The van der Waals surface area contributed by atoms with Crippen LogP contribution < -0.4 is 5.32 Å². The lowest BCUT2D eigenvalue weighted by molar-refractivity contribution is -0.0327. The highest BCUT2D eigenvalue weighted by molar-refractivity contribution is 8.00. The molecule has 2 aromatic rings. The number of rotatable bonds is 6. The van der Waals surface area contributed by atoms with Gasteiger partial charge in [0, 0.05) is 17.2 Å². The first-order chi connectivity index (χ1) is 9.46. The summed E-state index contributed by atoms with van der Waals surface area (Å²) in [6.07, 6.45) is 1.53. The van der Waals surface area contributed by atoms with Crippen LogP contribution in [0.4, 0.5) is 13.2 Å². The molecule has 2 nitrogen and oxygen atoms in total. The predicted molar refractivity (Wildman–Crippen MR) is 76.4 cm³/mol. The van der Waals surface area contributed by atoms with E-state index in [-0.39, 0.29) is 30.1 Å². The van der Waals surface area contributed by atoms with Gasteiger partial charge in [-0.05, 0) is 36.0 Å². The lowest BCUT2D eigenvalue weighted by Gasteiger charge is -2.15. The zero-order chi connectivity index (χ0) is 14.6. The molecule has 2 rings (SSSR count). The minimum Gasteiger partial charge on any atom is -0.467 e. The van der Waals surface area contributed by atoms with Gasteiger partial charge in [0.1, 0.15) is 11.8 Å². The first kappa shape index (κ1) is 15.8. The van der Waals surface area contributed by atoms with Gasteiger partial charge in [-0.2, -0.15) is 13.2 Å². The quantitative estimate of drug-likeness (QED) is 0.754. The van der Waals surface area contributed by atoms with Crippen LogP contribution in [0.5, 0.6) is 0 Å². The van der Waals surface area contributed by atoms with Gasteiger partial charge in [0.05, 0.1) is 10.6 Å². The fourth-order valence-electron chi connectivity index (χ4n) is 1.65. The Morgan fingerprint density at radius 3 is 2.70 bits per heavy atom. The van der Waals surface area contributed by atoms with Gasteiger partial charge in [-0.15, -0.1) is 11.3 Å². The normalized spacial score (nSPS) is 13.6. The third-order valence-electron chi connectivity index (χ3n) is 2.42. The Morgan fingerprint density at radius 2 is 2.15 bits per heavy atom. The number of hydrogen-bond donors (Lipinski definition) is 1. The molecule has 1 atom stereocenters. The highest BCUT2D eigenvalue weighted by Gasteiger charge is 2.27. The summed E-state index contributed by atoms with van der Waals surface area (Å²) in [6.45, 7) is 0.213. The van der Waals surface area contributed by atoms with E-state index in [1.807, 2.05) is 6.07 Å². The van der Waals surface area contributed by atoms with E-state index in [9.17, 15) is 13.2 Å². The fourth-order valence-corrected chi connectivity index (χ4v) is 3.25. The van der Waals surface area contributed by atoms with E-state index >= 15 is 0 Å². The molecule has 2 aromatic heterocycles. The van der Waals surface area contributed by atoms with Crippen LogP contribution in [0.3, 0.4) is 0 Å². The number of thioether (sulfide) groups is 1. The lowest BCUT2D eigenvalue weighted by Crippen LogP contribution is -2.24. The molecule has 2 heterocycles. The smallest absolute Gasteiger partial charge is 0.441 e. The summed E-state index contributed by atoms with van der Waals surface area (Å²) < 4.78 is 42.2. The topological polar surface area (TPSA) is 25.2 Å². The number of nitrogens with one attached hydrogen (secondary N) is 1. The number of alkyl halides is 3. The fraction of sp³-hybridized carbons (Fsp3) is 0.333. The van der Waals surface area contributed by atoms with Crippen LogP contribution in [-0.2, 0) is 0 Å². The summed E-state index contributed by atoms with van der Waals surface area (Å²) in [5, 5.41) is 3.06. The molecule has 0 bridgehead atoms. The van der Waals surface area contributed by atoms with Crippen molar-refractivity contribution in [3.8, 4) is 0 Å². The second kappa shape index (κ2) is 6.89. The monoisotopic (exact) mass is 341 g/mol. The molecule has 0 saturated carbocycles. The van der Waals surface area contributed by atoms with Crippen molar-refractivity contribution >= 4 is 34.7 Å². The van der Waals surface area contributed by atoms with E-state index in [1.165, 1.54) is 17.6 Å². The molecule has 0 saturated heterocycles. The molecule has 0 radical (unpaired) electrons. The maximum atomic E-state index is 12.1. The van der Waals surface area contributed by atoms with E-state index in [4.69, 9.17) is 16.0 Å². The van der Waals surface area contributed by atoms with Gasteiger partial charge in [-0.25, -0.2) is 0 Å². The summed E-state index contributed by atoms with van der Waals surface area (Å²) in [6, 6.07) is 6.83. The standard InChI is InChI=1S/C12H11ClF3NOS2/c13-10-4-3-9(20-10)11(8-2-1-6-18-8)17-5-7-19-12(14,15)16/h1-4,6,11,17H,5,7H2. The second-order valence-electron chi connectivity index (χ2n) is 3.84. The van der Waals surface area contributed by atoms with E-state index in [2.05, 4.69) is 5.32 Å². The third kappa shape index (κ3) is 4.73. The molecule has 0 amide bonds. The molecule has 0 aromatic carbocycles. The Kier molecular flexibility index (Phi) is 5.42. The Hall–Kier alpha value is -0.630. The first-order valence-corrected chi connectivity index (χ1v) is 7.86. The summed E-state index contributed by atoms with van der Waals surface area (Å²) in [4.78, 5) is 0.905. The molecule has 0 aliphatic carbocycles. The predicted octanol–water partition coefficient (Wildman–Crippen LogP) is 4.93. The summed E-state index contributed by atoms with van der Waals surface area (Å²) >= 11 is 7.22. The van der Waals surface area contributed by atoms with Crippen molar-refractivity contribution in [3.05, 3.63) is 45.5 Å². The Bertz CT molecular complexity index is 527. The zero-order valence-electron chi connectivity index (χ0n) is 10.1. The van der Waals surface area contributed by atoms with Crippen LogP contribution in [0.15, 0.2) is 34.9 Å². The van der Waals surface area contributed by atoms with Crippen molar-refractivity contribution in [1.29, 1.82) is 0 Å². The van der Waals surface area contributed by atoms with Crippen molar-refractivity contribution in [2.24, 2.45) is 0 Å². The molecule has 0 spiro atoms. The summed E-state index contributed by atoms with van der Waals surface area (Å²) in [5.41, 5.74) is -4.20. The van der Waals surface area contributed by atoms with Gasteiger partial charge >= 0.3 is 5.51 Å². The first-order valence-electron chi connectivity index (χ1n) is 5.68. The maximum absolute atomic E-state index is 12.1. The van der Waals surface area contributed by atoms with Crippen LogP contribution in [0.1, 0.15) is 16.7 Å². The molecule has 110 valence electrons. The number of hydrogen-bond acceptors (Lipinski definition) is 4. The van der Waals surface area contributed by atoms with Crippen LogP contribution >= 0.6 is 34.7 Å². The van der Waals surface area contributed by atoms with Crippen molar-refractivity contribution in [3.63, 3.8) is 0 Å². The van der Waals surface area contributed by atoms with E-state index in [1.54, 1.807) is 18.2 Å². The van der Waals surface area contributed by atoms with Gasteiger partial charge in [-0.3, -0.25) is 0 Å². The average molecular weight is 342 g/mol. The molecule has 20 heavy (non-hydrogen) atoms. The molecule has 8 heteroatoms. The molecule has 1 N–H and O–H groups in total. The number of halogens is 4. The molecule has 1 unspecified atom stereocenters. The summed E-state index contributed by atoms with van der Waals surface area (Å²) in [5.74, 6) is 0.598. The second-order valence-corrected chi connectivity index (χ2v) is 6.75. The van der Waals surface area contributed by atoms with Gasteiger partial charge in [0.2, 0.25) is 0 Å². The van der Waals surface area contributed by atoms with E-state index in [0.717, 1.165) is 4.88 Å². The van der Waals surface area contributed by atoms with Crippen LogP contribution in [0.25, 0.3) is 0 Å². The van der Waals surface area contributed by atoms with Crippen molar-refractivity contribution in [1.82, 2.24) is 5.32 Å². The van der Waals surface area contributed by atoms with Crippen molar-refractivity contribution < 1.29 is 17.6 Å². The highest BCUT2D eigenvalue weighted by atomic mass is 35.5. The third-order valence-corrected chi connectivity index (χ3v) is 4.45. The van der Waals surface area contributed by atoms with Crippen molar-refractivity contribution in [2.45, 2.75) is 11.6 Å². The van der Waals surface area contributed by atoms with E-state index < -0.39 is 5.51 Å². The largest absolute Gasteiger partial charge is 0.467 e. The Morgan fingerprint density at radius 1 is 1.35 bits per heavy atom. The van der Waals surface area contributed by atoms with Gasteiger partial charge in [-0.1, -0.05) is 11.6 Å². The van der Waals surface area contributed by atoms with Crippen LogP contribution in [0.2, 0.25) is 4.34 Å². The average Bonchev–Trinajstić information content (AvgIpc) is 2.99. The molecule has 0 aliphatic heterocycles. The molecule has 0 fully saturated rings. The zero-order valence-corrected chi connectivity index (χ0v) is 12.5. The molecular formula is C12H11ClF3NOS2. The maximum Gasteiger partial charge on any atom is 0.441 e. The van der Waals surface area contributed by atoms with Gasteiger partial charge < -0.3 is 9.73 Å². The summed E-state index contributed by atoms with van der Waals surface area (Å²) in [7, 11) is 0. The number of furan rings is 1. The van der Waals surface area contributed by atoms with Crippen molar-refractivity contribution in [2.75, 3.05) is 12.3 Å². The van der Waals surface area contributed by atoms with Gasteiger partial charge in [0.25, 0.3) is 0 Å². The van der Waals surface area contributed by atoms with E-state index in [0.29, 0.717) is 10.1 Å². The Labute approximate surface area is 127 Å². The van der Waals surface area contributed by atoms with Crippen LogP contribution in [0, 0.1) is 0 Å². The Balaban J connectivity index is 1.98. The highest BCUT2D eigenvalue weighted by Crippen LogP contribution is 2.32. The molecular weight excluding hydrogens is 331 g/mol. The lowest BCUT2D eigenvalue weighted by atomic mass is 10.2. The molecule has 0 aliphatic rings.